The molecule has 0 fully saturated rings. The highest BCUT2D eigenvalue weighted by atomic mass is 19.4. The van der Waals surface area contributed by atoms with Crippen LogP contribution in [-0.4, -0.2) is 35.0 Å². The second kappa shape index (κ2) is 7.72. The van der Waals surface area contributed by atoms with Crippen molar-refractivity contribution in [3.8, 4) is 0 Å². The van der Waals surface area contributed by atoms with E-state index < -0.39 is 35.0 Å². The zero-order valence-electron chi connectivity index (χ0n) is 12.9. The monoisotopic (exact) mass is 312 g/mol. The van der Waals surface area contributed by atoms with Gasteiger partial charge in [0.15, 0.2) is 6.04 Å². The van der Waals surface area contributed by atoms with Gasteiger partial charge in [0.25, 0.3) is 6.04 Å². The van der Waals surface area contributed by atoms with E-state index in [1.807, 2.05) is 0 Å². The predicted octanol–water partition coefficient (Wildman–Crippen LogP) is 2.81. The smallest absolute Gasteiger partial charge is 0.297 e. The van der Waals surface area contributed by atoms with E-state index in [1.165, 1.54) is 6.92 Å². The third-order valence-electron chi connectivity index (χ3n) is 3.28. The van der Waals surface area contributed by atoms with Gasteiger partial charge in [0, 0.05) is 17.4 Å². The van der Waals surface area contributed by atoms with Crippen LogP contribution in [0.4, 0.5) is 13.2 Å². The summed E-state index contributed by atoms with van der Waals surface area (Å²) in [5.74, 6) is -1.39. The summed E-state index contributed by atoms with van der Waals surface area (Å²) in [6, 6.07) is -5.39. The molecule has 5 nitrogen and oxygen atoms in total. The Hall–Kier alpha value is -1.18. The van der Waals surface area contributed by atoms with Gasteiger partial charge in [-0.15, -0.1) is 0 Å². The summed E-state index contributed by atoms with van der Waals surface area (Å²) in [7, 11) is 0. The molecule has 0 radical (unpaired) electrons. The van der Waals surface area contributed by atoms with Crippen LogP contribution in [0.25, 0.3) is 0 Å². The van der Waals surface area contributed by atoms with Crippen molar-refractivity contribution in [1.82, 2.24) is 5.32 Å². The van der Waals surface area contributed by atoms with Crippen LogP contribution in [-0.2, 0) is 4.79 Å². The van der Waals surface area contributed by atoms with E-state index in [1.54, 1.807) is 27.7 Å². The van der Waals surface area contributed by atoms with Crippen LogP contribution in [0.2, 0.25) is 0 Å². The SMILES string of the molecule is CC(C)CC(=O)[C@@H]([C@@H](N[C@H](C)C(C)C)C(F)(F)F)[N+](=O)[O-]. The Labute approximate surface area is 122 Å². The van der Waals surface area contributed by atoms with Gasteiger partial charge in [0.1, 0.15) is 0 Å². The molecule has 0 aromatic rings. The molecule has 0 spiro atoms. The van der Waals surface area contributed by atoms with Gasteiger partial charge in [0.05, 0.1) is 0 Å². The standard InChI is InChI=1S/C13H23F3N2O3/c1-7(2)6-10(19)11(18(20)21)12(13(14,15)16)17-9(5)8(3)4/h7-9,11-12,17H,6H2,1-5H3/t9-,11+,12-/m1/s1. The third kappa shape index (κ3) is 6.41. The van der Waals surface area contributed by atoms with E-state index in [0.717, 1.165) is 0 Å². The van der Waals surface area contributed by atoms with E-state index in [9.17, 15) is 28.1 Å². The fraction of sp³-hybridized carbons (Fsp3) is 0.923. The van der Waals surface area contributed by atoms with Crippen molar-refractivity contribution in [3.05, 3.63) is 10.1 Å². The van der Waals surface area contributed by atoms with Crippen molar-refractivity contribution in [1.29, 1.82) is 0 Å². The number of nitrogens with one attached hydrogen (secondary N) is 1. The first-order valence-corrected chi connectivity index (χ1v) is 6.86. The van der Waals surface area contributed by atoms with Crippen LogP contribution in [0, 0.1) is 22.0 Å². The Bertz CT molecular complexity index is 370. The van der Waals surface area contributed by atoms with Crippen molar-refractivity contribution >= 4 is 5.78 Å². The molecular formula is C13H23F3N2O3. The molecule has 0 bridgehead atoms. The lowest BCUT2D eigenvalue weighted by Gasteiger charge is -2.28. The summed E-state index contributed by atoms with van der Waals surface area (Å²) >= 11 is 0. The van der Waals surface area contributed by atoms with Gasteiger partial charge >= 0.3 is 6.18 Å². The predicted molar refractivity (Wildman–Crippen MR) is 72.5 cm³/mol. The maximum Gasteiger partial charge on any atom is 0.411 e. The van der Waals surface area contributed by atoms with Gasteiger partial charge in [-0.1, -0.05) is 27.7 Å². The van der Waals surface area contributed by atoms with Gasteiger partial charge in [-0.05, 0) is 18.8 Å². The molecule has 124 valence electrons. The zero-order valence-corrected chi connectivity index (χ0v) is 12.9. The minimum absolute atomic E-state index is 0.151. The average Bonchev–Trinajstić information content (AvgIpc) is 2.24. The fourth-order valence-corrected chi connectivity index (χ4v) is 1.79. The average molecular weight is 312 g/mol. The Morgan fingerprint density at radius 3 is 1.95 bits per heavy atom. The third-order valence-corrected chi connectivity index (χ3v) is 3.28. The molecule has 0 unspecified atom stereocenters. The van der Waals surface area contributed by atoms with Crippen molar-refractivity contribution in [2.24, 2.45) is 11.8 Å². The molecule has 0 aromatic heterocycles. The minimum atomic E-state index is -4.87. The normalized spacial score (nSPS) is 16.9. The molecule has 0 saturated carbocycles. The minimum Gasteiger partial charge on any atom is -0.297 e. The highest BCUT2D eigenvalue weighted by Crippen LogP contribution is 2.26. The molecule has 0 aliphatic rings. The summed E-state index contributed by atoms with van der Waals surface area (Å²) in [5.41, 5.74) is 0. The van der Waals surface area contributed by atoms with E-state index in [2.05, 4.69) is 5.32 Å². The molecule has 0 saturated heterocycles. The number of carbonyl (C=O) groups is 1. The first-order valence-electron chi connectivity index (χ1n) is 6.86. The van der Waals surface area contributed by atoms with Gasteiger partial charge in [-0.2, -0.15) is 13.2 Å². The maximum absolute atomic E-state index is 13.1. The number of Topliss-reactive ketones (excluding diaryl/α,β-unsaturated/α-hetero) is 1. The first-order chi connectivity index (χ1) is 9.37. The number of nitrogens with zero attached hydrogens (tertiary/aromatic N) is 1. The van der Waals surface area contributed by atoms with Crippen molar-refractivity contribution in [2.75, 3.05) is 0 Å². The lowest BCUT2D eigenvalue weighted by atomic mass is 9.95. The van der Waals surface area contributed by atoms with Crippen molar-refractivity contribution in [2.45, 2.75) is 65.3 Å². The molecular weight excluding hydrogens is 289 g/mol. The van der Waals surface area contributed by atoms with Crippen LogP contribution in [0.5, 0.6) is 0 Å². The molecule has 0 aromatic carbocycles. The number of carbonyl (C=O) groups excluding carboxylic acids is 1. The van der Waals surface area contributed by atoms with Crippen LogP contribution in [0.15, 0.2) is 0 Å². The highest BCUT2D eigenvalue weighted by molar-refractivity contribution is 5.83. The summed E-state index contributed by atoms with van der Waals surface area (Å²) in [6.45, 7) is 8.15. The Morgan fingerprint density at radius 2 is 1.67 bits per heavy atom. The topological polar surface area (TPSA) is 72.2 Å². The summed E-state index contributed by atoms with van der Waals surface area (Å²) < 4.78 is 39.4. The molecule has 1 N–H and O–H groups in total. The second-order valence-corrected chi connectivity index (χ2v) is 6.01. The largest absolute Gasteiger partial charge is 0.411 e. The molecule has 0 heterocycles. The lowest BCUT2D eigenvalue weighted by Crippen LogP contribution is -2.59. The number of alkyl halides is 3. The summed E-state index contributed by atoms with van der Waals surface area (Å²) in [4.78, 5) is 21.7. The first kappa shape index (κ1) is 19.8. The van der Waals surface area contributed by atoms with Crippen LogP contribution >= 0.6 is 0 Å². The van der Waals surface area contributed by atoms with E-state index >= 15 is 0 Å². The molecule has 8 heteroatoms. The van der Waals surface area contributed by atoms with Gasteiger partial charge in [-0.3, -0.25) is 20.2 Å². The van der Waals surface area contributed by atoms with Gasteiger partial charge in [-0.25, -0.2) is 0 Å². The molecule has 0 amide bonds. The van der Waals surface area contributed by atoms with Crippen molar-refractivity contribution < 1.29 is 22.9 Å². The lowest BCUT2D eigenvalue weighted by molar-refractivity contribution is -0.519. The number of hydrogen-bond donors (Lipinski definition) is 1. The second-order valence-electron chi connectivity index (χ2n) is 6.01. The van der Waals surface area contributed by atoms with Crippen LogP contribution in [0.1, 0.15) is 41.0 Å². The van der Waals surface area contributed by atoms with Gasteiger partial charge in [0.2, 0.25) is 5.78 Å². The van der Waals surface area contributed by atoms with E-state index in [-0.39, 0.29) is 18.3 Å². The quantitative estimate of drug-likeness (QED) is 0.552. The van der Waals surface area contributed by atoms with E-state index in [4.69, 9.17) is 0 Å². The molecule has 3 atom stereocenters. The number of ketones is 1. The van der Waals surface area contributed by atoms with E-state index in [0.29, 0.717) is 0 Å². The zero-order chi connectivity index (χ0) is 17.0. The van der Waals surface area contributed by atoms with Crippen molar-refractivity contribution in [3.63, 3.8) is 0 Å². The number of halogens is 3. The molecule has 0 aliphatic heterocycles. The van der Waals surface area contributed by atoms with Gasteiger partial charge < -0.3 is 0 Å². The number of nitro groups is 1. The Balaban J connectivity index is 5.41. The molecule has 21 heavy (non-hydrogen) atoms. The summed E-state index contributed by atoms with van der Waals surface area (Å²) in [6.07, 6.45) is -5.12. The highest BCUT2D eigenvalue weighted by Gasteiger charge is 2.54. The molecule has 0 aliphatic carbocycles. The van der Waals surface area contributed by atoms with Crippen LogP contribution < -0.4 is 5.32 Å². The van der Waals surface area contributed by atoms with Crippen LogP contribution in [0.3, 0.4) is 0 Å². The Kier molecular flexibility index (Phi) is 7.29. The maximum atomic E-state index is 13.1. The Morgan fingerprint density at radius 1 is 1.19 bits per heavy atom. The fourth-order valence-electron chi connectivity index (χ4n) is 1.79. The number of rotatable bonds is 8. The summed E-state index contributed by atoms with van der Waals surface area (Å²) in [5, 5.41) is 13.2. The molecule has 0 rings (SSSR count). The number of hydrogen-bond acceptors (Lipinski definition) is 4.